The van der Waals surface area contributed by atoms with E-state index in [1.54, 1.807) is 0 Å². The summed E-state index contributed by atoms with van der Waals surface area (Å²) in [7, 11) is -1.33. The van der Waals surface area contributed by atoms with Crippen LogP contribution in [0, 0.1) is 17.8 Å². The Morgan fingerprint density at radius 2 is 2.29 bits per heavy atom. The SMILES string of the molecule is CCO[SiH](Cl)CCC1CC2C=CC1C2. The largest absolute Gasteiger partial charge is 0.406 e. The van der Waals surface area contributed by atoms with E-state index in [0.29, 0.717) is 0 Å². The molecule has 0 amide bonds. The van der Waals surface area contributed by atoms with Gasteiger partial charge in [0.25, 0.3) is 8.35 Å². The third kappa shape index (κ3) is 2.41. The zero-order valence-electron chi connectivity index (χ0n) is 8.79. The van der Waals surface area contributed by atoms with Gasteiger partial charge in [0.05, 0.1) is 0 Å². The maximum absolute atomic E-state index is 6.16. The second-order valence-corrected chi connectivity index (χ2v) is 7.67. The molecule has 4 unspecified atom stereocenters. The Bertz CT molecular complexity index is 219. The highest BCUT2D eigenvalue weighted by Gasteiger charge is 2.35. The van der Waals surface area contributed by atoms with Crippen LogP contribution in [-0.2, 0) is 4.43 Å². The van der Waals surface area contributed by atoms with Crippen molar-refractivity contribution in [3.8, 4) is 0 Å². The van der Waals surface area contributed by atoms with Gasteiger partial charge < -0.3 is 4.43 Å². The van der Waals surface area contributed by atoms with Crippen LogP contribution in [0.25, 0.3) is 0 Å². The molecule has 1 nitrogen and oxygen atoms in total. The van der Waals surface area contributed by atoms with E-state index in [1.165, 1.54) is 19.3 Å². The average molecular weight is 231 g/mol. The van der Waals surface area contributed by atoms with Crippen molar-refractivity contribution in [2.24, 2.45) is 17.8 Å². The summed E-state index contributed by atoms with van der Waals surface area (Å²) >= 11 is 6.16. The highest BCUT2D eigenvalue weighted by molar-refractivity contribution is 7.03. The minimum absolute atomic E-state index is 0.789. The first-order chi connectivity index (χ1) is 6.79. The van der Waals surface area contributed by atoms with Gasteiger partial charge in [0.15, 0.2) is 0 Å². The number of halogens is 1. The normalized spacial score (nSPS) is 36.6. The van der Waals surface area contributed by atoms with E-state index in [1.807, 2.05) is 6.92 Å². The minimum atomic E-state index is -1.33. The van der Waals surface area contributed by atoms with E-state index in [2.05, 4.69) is 12.2 Å². The zero-order valence-corrected chi connectivity index (χ0v) is 10.7. The second kappa shape index (κ2) is 4.82. The van der Waals surface area contributed by atoms with Gasteiger partial charge in [-0.2, -0.15) is 0 Å². The summed E-state index contributed by atoms with van der Waals surface area (Å²) in [4.78, 5) is 0. The van der Waals surface area contributed by atoms with Crippen molar-refractivity contribution in [1.29, 1.82) is 0 Å². The van der Waals surface area contributed by atoms with Crippen LogP contribution in [0.15, 0.2) is 12.2 Å². The lowest BCUT2D eigenvalue weighted by molar-refractivity contribution is 0.346. The minimum Gasteiger partial charge on any atom is -0.406 e. The standard InChI is InChI=1S/C11H19ClOSi/c1-2-13-14(12)6-5-11-8-9-3-4-10(11)7-9/h3-4,9-11,14H,2,5-8H2,1H3. The fraction of sp³-hybridized carbons (Fsp3) is 0.818. The monoisotopic (exact) mass is 230 g/mol. The lowest BCUT2D eigenvalue weighted by Gasteiger charge is -2.18. The van der Waals surface area contributed by atoms with Crippen LogP contribution < -0.4 is 0 Å². The molecule has 2 bridgehead atoms. The number of allylic oxidation sites excluding steroid dienone is 2. The third-order valence-corrected chi connectivity index (χ3v) is 6.04. The van der Waals surface area contributed by atoms with Crippen LogP contribution in [0.1, 0.15) is 26.2 Å². The Hall–Kier alpha value is 0.207. The Morgan fingerprint density at radius 3 is 2.86 bits per heavy atom. The average Bonchev–Trinajstić information content (AvgIpc) is 2.76. The van der Waals surface area contributed by atoms with Crippen LogP contribution in [0.3, 0.4) is 0 Å². The summed E-state index contributed by atoms with van der Waals surface area (Å²) in [6.07, 6.45) is 8.94. The number of fused-ring (bicyclic) bond motifs is 2. The van der Waals surface area contributed by atoms with E-state index < -0.39 is 8.35 Å². The molecule has 1 fully saturated rings. The molecule has 0 saturated heterocycles. The molecular weight excluding hydrogens is 212 g/mol. The summed E-state index contributed by atoms with van der Waals surface area (Å²) in [5.41, 5.74) is 0. The molecule has 2 aliphatic rings. The van der Waals surface area contributed by atoms with Crippen LogP contribution in [0.2, 0.25) is 6.04 Å². The molecule has 1 saturated carbocycles. The number of hydrogen-bond acceptors (Lipinski definition) is 1. The Balaban J connectivity index is 1.69. The summed E-state index contributed by atoms with van der Waals surface area (Å²) in [5, 5.41) is 0. The Morgan fingerprint density at radius 1 is 1.43 bits per heavy atom. The molecule has 0 aliphatic heterocycles. The summed E-state index contributed by atoms with van der Waals surface area (Å²) in [6.45, 7) is 2.82. The molecule has 0 heterocycles. The highest BCUT2D eigenvalue weighted by atomic mass is 35.6. The predicted molar refractivity (Wildman–Crippen MR) is 62.9 cm³/mol. The van der Waals surface area contributed by atoms with Crippen LogP contribution in [-0.4, -0.2) is 15.0 Å². The molecule has 0 N–H and O–H groups in total. The van der Waals surface area contributed by atoms with E-state index in [-0.39, 0.29) is 0 Å². The summed E-state index contributed by atoms with van der Waals surface area (Å²) in [5.74, 6) is 2.69. The van der Waals surface area contributed by atoms with Crippen LogP contribution in [0.5, 0.6) is 0 Å². The number of hydrogen-bond donors (Lipinski definition) is 0. The van der Waals surface area contributed by atoms with Crippen molar-refractivity contribution >= 4 is 19.4 Å². The smallest absolute Gasteiger partial charge is 0.274 e. The van der Waals surface area contributed by atoms with Crippen molar-refractivity contribution in [3.05, 3.63) is 12.2 Å². The van der Waals surface area contributed by atoms with Crippen molar-refractivity contribution < 1.29 is 4.43 Å². The molecule has 2 rings (SSSR count). The second-order valence-electron chi connectivity index (χ2n) is 4.48. The van der Waals surface area contributed by atoms with Gasteiger partial charge in [0.2, 0.25) is 0 Å². The van der Waals surface area contributed by atoms with Crippen molar-refractivity contribution in [2.45, 2.75) is 32.2 Å². The van der Waals surface area contributed by atoms with Crippen molar-refractivity contribution in [1.82, 2.24) is 0 Å². The fourth-order valence-electron chi connectivity index (χ4n) is 2.84. The molecular formula is C11H19ClOSi. The van der Waals surface area contributed by atoms with Gasteiger partial charge in [-0.3, -0.25) is 0 Å². The molecule has 0 aromatic rings. The zero-order chi connectivity index (χ0) is 9.97. The van der Waals surface area contributed by atoms with Gasteiger partial charge in [-0.15, -0.1) is 11.1 Å². The molecule has 4 atom stereocenters. The van der Waals surface area contributed by atoms with Crippen molar-refractivity contribution in [3.63, 3.8) is 0 Å². The molecule has 14 heavy (non-hydrogen) atoms. The molecule has 0 spiro atoms. The fourth-order valence-corrected chi connectivity index (χ4v) is 4.81. The van der Waals surface area contributed by atoms with Crippen LogP contribution >= 0.6 is 11.1 Å². The van der Waals surface area contributed by atoms with E-state index in [0.717, 1.165) is 30.4 Å². The van der Waals surface area contributed by atoms with E-state index in [9.17, 15) is 0 Å². The maximum Gasteiger partial charge on any atom is 0.274 e. The van der Waals surface area contributed by atoms with E-state index in [4.69, 9.17) is 15.5 Å². The Kier molecular flexibility index (Phi) is 3.69. The third-order valence-electron chi connectivity index (χ3n) is 3.53. The van der Waals surface area contributed by atoms with E-state index >= 15 is 0 Å². The molecule has 80 valence electrons. The van der Waals surface area contributed by atoms with Gasteiger partial charge in [0, 0.05) is 6.61 Å². The Labute approximate surface area is 92.9 Å². The van der Waals surface area contributed by atoms with Gasteiger partial charge >= 0.3 is 0 Å². The van der Waals surface area contributed by atoms with Gasteiger partial charge in [-0.25, -0.2) is 0 Å². The predicted octanol–water partition coefficient (Wildman–Crippen LogP) is 3.08. The first kappa shape index (κ1) is 10.7. The quantitative estimate of drug-likeness (QED) is 0.401. The van der Waals surface area contributed by atoms with Gasteiger partial charge in [0.1, 0.15) is 0 Å². The van der Waals surface area contributed by atoms with Crippen molar-refractivity contribution in [2.75, 3.05) is 6.61 Å². The maximum atomic E-state index is 6.16. The lowest BCUT2D eigenvalue weighted by atomic mass is 9.91. The molecule has 2 aliphatic carbocycles. The molecule has 0 radical (unpaired) electrons. The molecule has 0 aromatic heterocycles. The van der Waals surface area contributed by atoms with Gasteiger partial charge in [-0.05, 0) is 50.0 Å². The molecule has 3 heteroatoms. The highest BCUT2D eigenvalue weighted by Crippen LogP contribution is 2.45. The number of rotatable bonds is 5. The van der Waals surface area contributed by atoms with Gasteiger partial charge in [-0.1, -0.05) is 12.2 Å². The molecule has 0 aromatic carbocycles. The van der Waals surface area contributed by atoms with Crippen LogP contribution in [0.4, 0.5) is 0 Å². The summed E-state index contributed by atoms with van der Waals surface area (Å²) in [6, 6.07) is 1.15. The topological polar surface area (TPSA) is 9.23 Å². The first-order valence-electron chi connectivity index (χ1n) is 5.73. The first-order valence-corrected chi connectivity index (χ1v) is 8.77. The summed E-state index contributed by atoms with van der Waals surface area (Å²) < 4.78 is 5.47. The lowest BCUT2D eigenvalue weighted by Crippen LogP contribution is -2.14.